The van der Waals surface area contributed by atoms with Crippen LogP contribution >= 0.6 is 0 Å². The zero-order valence-electron chi connectivity index (χ0n) is 7.76. The molecule has 0 aromatic heterocycles. The molecule has 0 saturated heterocycles. The van der Waals surface area contributed by atoms with Crippen LogP contribution in [0.1, 0.15) is 20.8 Å². The lowest BCUT2D eigenvalue weighted by molar-refractivity contribution is 0.313. The largest absolute Gasteiger partial charge is 0.411 e. The van der Waals surface area contributed by atoms with Gasteiger partial charge >= 0.3 is 0 Å². The van der Waals surface area contributed by atoms with Crippen molar-refractivity contribution in [2.24, 2.45) is 11.1 Å². The molecule has 0 aliphatic carbocycles. The van der Waals surface area contributed by atoms with E-state index in [2.05, 4.69) is 25.6 Å². The Morgan fingerprint density at radius 2 is 2.18 bits per heavy atom. The number of hydrogen-bond donors (Lipinski definition) is 1. The van der Waals surface area contributed by atoms with Gasteiger partial charge in [0, 0.05) is 16.2 Å². The molecule has 0 aliphatic rings. The van der Waals surface area contributed by atoms with Crippen molar-refractivity contribution < 1.29 is 5.21 Å². The van der Waals surface area contributed by atoms with Gasteiger partial charge in [-0.3, -0.25) is 0 Å². The highest BCUT2D eigenvalue weighted by Gasteiger charge is 2.22. The molecular weight excluding hydrogens is 154 g/mol. The topological polar surface area (TPSA) is 32.6 Å². The van der Waals surface area contributed by atoms with Crippen LogP contribution in [0, 0.1) is 5.92 Å². The maximum absolute atomic E-state index is 8.73. The van der Waals surface area contributed by atoms with Crippen molar-refractivity contribution in [3.8, 4) is 0 Å². The summed E-state index contributed by atoms with van der Waals surface area (Å²) in [5.41, 5.74) is 0.833. The minimum atomic E-state index is 0.0579. The summed E-state index contributed by atoms with van der Waals surface area (Å²) in [5, 5.41) is 12.1. The molecule has 0 radical (unpaired) electrons. The fraction of sp³-hybridized carbons (Fsp3) is 0.625. The normalized spacial score (nSPS) is 16.5. The Morgan fingerprint density at radius 3 is 2.27 bits per heavy atom. The molecule has 0 bridgehead atoms. The molecule has 2 nitrogen and oxygen atoms in total. The van der Waals surface area contributed by atoms with Crippen LogP contribution in [-0.4, -0.2) is 21.2 Å². The van der Waals surface area contributed by atoms with Crippen LogP contribution < -0.4 is 0 Å². The van der Waals surface area contributed by atoms with E-state index in [1.807, 2.05) is 6.92 Å². The second kappa shape index (κ2) is 3.71. The van der Waals surface area contributed by atoms with Gasteiger partial charge in [-0.15, -0.1) is 6.58 Å². The van der Waals surface area contributed by atoms with Crippen LogP contribution in [0.5, 0.6) is 0 Å². The molecule has 0 aromatic rings. The van der Waals surface area contributed by atoms with E-state index in [0.717, 1.165) is 16.0 Å². The summed E-state index contributed by atoms with van der Waals surface area (Å²) in [6, 6.07) is 0. The van der Waals surface area contributed by atoms with E-state index in [1.165, 1.54) is 0 Å². The van der Waals surface area contributed by atoms with Gasteiger partial charge in [-0.1, -0.05) is 32.0 Å². The molecule has 0 rings (SSSR count). The smallest absolute Gasteiger partial charge is 0.0655 e. The van der Waals surface area contributed by atoms with Crippen molar-refractivity contribution >= 4 is 16.0 Å². The average Bonchev–Trinajstić information content (AvgIpc) is 1.86. The van der Waals surface area contributed by atoms with Gasteiger partial charge in [0.1, 0.15) is 0 Å². The van der Waals surface area contributed by atoms with Gasteiger partial charge < -0.3 is 5.21 Å². The van der Waals surface area contributed by atoms with Crippen molar-refractivity contribution in [1.82, 2.24) is 0 Å². The van der Waals surface area contributed by atoms with Crippen molar-refractivity contribution in [2.75, 3.05) is 0 Å². The van der Waals surface area contributed by atoms with Crippen LogP contribution in [0.25, 0.3) is 0 Å². The molecule has 0 heterocycles. The molecule has 0 aliphatic heterocycles. The Bertz CT molecular complexity index is 169. The first-order valence-electron chi connectivity index (χ1n) is 3.78. The molecule has 0 saturated carbocycles. The molecule has 11 heavy (non-hydrogen) atoms. The predicted octanol–water partition coefficient (Wildman–Crippen LogP) is 1.20. The lowest BCUT2D eigenvalue weighted by Crippen LogP contribution is -2.23. The average molecular weight is 171 g/mol. The molecule has 1 atom stereocenters. The fourth-order valence-electron chi connectivity index (χ4n) is 1.04. The van der Waals surface area contributed by atoms with Crippen molar-refractivity contribution in [1.29, 1.82) is 0 Å². The summed E-state index contributed by atoms with van der Waals surface area (Å²) in [5.74, 6) is 0.174. The molecule has 1 unspecified atom stereocenters. The first kappa shape index (κ1) is 10.4. The van der Waals surface area contributed by atoms with Gasteiger partial charge in [0.25, 0.3) is 0 Å². The Hall–Kier alpha value is -0.573. The molecule has 1 N–H and O–H groups in total. The number of oxime groups is 1. The van der Waals surface area contributed by atoms with E-state index < -0.39 is 0 Å². The second-order valence-corrected chi connectivity index (χ2v) is 6.26. The highest BCUT2D eigenvalue weighted by Crippen LogP contribution is 2.25. The van der Waals surface area contributed by atoms with E-state index in [4.69, 9.17) is 5.21 Å². The standard InChI is InChI=1S/C8H17NOSi/c1-5-6(2)7(9-10)8(3,4)11/h5-6,10H,1H2,2-4,11H3. The van der Waals surface area contributed by atoms with Gasteiger partial charge in [0.05, 0.1) is 5.71 Å². The van der Waals surface area contributed by atoms with Crippen LogP contribution in [0.3, 0.4) is 0 Å². The summed E-state index contributed by atoms with van der Waals surface area (Å²) in [7, 11) is 0.985. The summed E-state index contributed by atoms with van der Waals surface area (Å²) < 4.78 is 0. The third kappa shape index (κ3) is 2.88. The quantitative estimate of drug-likeness (QED) is 0.223. The zero-order chi connectivity index (χ0) is 9.07. The summed E-state index contributed by atoms with van der Waals surface area (Å²) in [6.07, 6.45) is 1.80. The lowest BCUT2D eigenvalue weighted by Gasteiger charge is -2.22. The van der Waals surface area contributed by atoms with Crippen LogP contribution in [0.15, 0.2) is 17.8 Å². The number of allylic oxidation sites excluding steroid dienone is 1. The van der Waals surface area contributed by atoms with Gasteiger partial charge in [0.2, 0.25) is 0 Å². The molecule has 3 heteroatoms. The zero-order valence-corrected chi connectivity index (χ0v) is 9.76. The van der Waals surface area contributed by atoms with Gasteiger partial charge in [0.15, 0.2) is 0 Å². The maximum atomic E-state index is 8.73. The minimum Gasteiger partial charge on any atom is -0.411 e. The van der Waals surface area contributed by atoms with Gasteiger partial charge in [-0.25, -0.2) is 0 Å². The van der Waals surface area contributed by atoms with E-state index in [0.29, 0.717) is 0 Å². The number of rotatable bonds is 3. The Balaban J connectivity index is 4.57. The first-order valence-corrected chi connectivity index (χ1v) is 4.78. The van der Waals surface area contributed by atoms with E-state index in [1.54, 1.807) is 6.08 Å². The van der Waals surface area contributed by atoms with E-state index >= 15 is 0 Å². The summed E-state index contributed by atoms with van der Waals surface area (Å²) >= 11 is 0. The van der Waals surface area contributed by atoms with Gasteiger partial charge in [-0.05, 0) is 5.04 Å². The van der Waals surface area contributed by atoms with Crippen molar-refractivity contribution in [3.05, 3.63) is 12.7 Å². The number of nitrogens with zero attached hydrogens (tertiary/aromatic N) is 1. The third-order valence-corrected chi connectivity index (χ3v) is 2.17. The molecule has 0 fully saturated rings. The summed E-state index contributed by atoms with van der Waals surface area (Å²) in [6.45, 7) is 9.81. The van der Waals surface area contributed by atoms with Crippen molar-refractivity contribution in [2.45, 2.75) is 25.8 Å². The molecule has 0 spiro atoms. The summed E-state index contributed by atoms with van der Waals surface area (Å²) in [4.78, 5) is 0. The second-order valence-electron chi connectivity index (χ2n) is 3.76. The molecular formula is C8H17NOSi. The monoisotopic (exact) mass is 171 g/mol. The molecule has 64 valence electrons. The van der Waals surface area contributed by atoms with Gasteiger partial charge in [-0.2, -0.15) is 0 Å². The molecule has 0 aromatic carbocycles. The van der Waals surface area contributed by atoms with Crippen LogP contribution in [0.2, 0.25) is 5.04 Å². The van der Waals surface area contributed by atoms with Crippen LogP contribution in [0.4, 0.5) is 0 Å². The highest BCUT2D eigenvalue weighted by molar-refractivity contribution is 6.29. The Morgan fingerprint density at radius 1 is 1.73 bits per heavy atom. The minimum absolute atomic E-state index is 0.0579. The van der Waals surface area contributed by atoms with Crippen LogP contribution in [-0.2, 0) is 0 Å². The third-order valence-electron chi connectivity index (χ3n) is 1.66. The highest BCUT2D eigenvalue weighted by atomic mass is 28.1. The van der Waals surface area contributed by atoms with E-state index in [9.17, 15) is 0 Å². The Kier molecular flexibility index (Phi) is 3.52. The fourth-order valence-corrected chi connectivity index (χ4v) is 1.59. The van der Waals surface area contributed by atoms with Crippen molar-refractivity contribution in [3.63, 3.8) is 0 Å². The van der Waals surface area contributed by atoms with E-state index in [-0.39, 0.29) is 11.0 Å². The SMILES string of the molecule is C=CC(C)C(=NO)C(C)(C)[SiH3]. The predicted molar refractivity (Wildman–Crippen MR) is 52.6 cm³/mol. The lowest BCUT2D eigenvalue weighted by atomic mass is 9.95. The molecule has 0 amide bonds. The maximum Gasteiger partial charge on any atom is 0.0655 e. The first-order chi connectivity index (χ1) is 4.93. The number of hydrogen-bond acceptors (Lipinski definition) is 2. The Labute approximate surface area is 71.4 Å².